The average molecular weight is 200 g/mol. The molecule has 0 heterocycles. The number of esters is 1. The molecule has 0 radical (unpaired) electrons. The molecule has 5 unspecified atom stereocenters. The molecule has 0 aliphatic heterocycles. The molecule has 2 aliphatic rings. The highest BCUT2D eigenvalue weighted by atomic mass is 19.1. The Hall–Kier alpha value is -0.600. The number of carbonyl (C=O) groups excluding carboxylic acids is 1. The van der Waals surface area contributed by atoms with Gasteiger partial charge in [0.2, 0.25) is 0 Å². The van der Waals surface area contributed by atoms with E-state index >= 15 is 0 Å². The van der Waals surface area contributed by atoms with E-state index in [1.54, 1.807) is 0 Å². The van der Waals surface area contributed by atoms with E-state index in [9.17, 15) is 9.18 Å². The van der Waals surface area contributed by atoms with Gasteiger partial charge >= 0.3 is 5.97 Å². The molecule has 0 saturated heterocycles. The molecule has 0 amide bonds. The van der Waals surface area contributed by atoms with Crippen LogP contribution in [0, 0.1) is 23.7 Å². The van der Waals surface area contributed by atoms with Gasteiger partial charge in [-0.2, -0.15) is 0 Å². The summed E-state index contributed by atoms with van der Waals surface area (Å²) < 4.78 is 18.4. The molecular formula is C11H17FO2. The van der Waals surface area contributed by atoms with Crippen molar-refractivity contribution in [2.75, 3.05) is 6.61 Å². The van der Waals surface area contributed by atoms with Crippen molar-refractivity contribution in [2.24, 2.45) is 23.7 Å². The molecule has 2 bridgehead atoms. The lowest BCUT2D eigenvalue weighted by Crippen LogP contribution is -2.31. The number of hydrogen-bond acceptors (Lipinski definition) is 2. The van der Waals surface area contributed by atoms with Crippen molar-refractivity contribution in [3.63, 3.8) is 0 Å². The average Bonchev–Trinajstić information content (AvgIpc) is 2.59. The second kappa shape index (κ2) is 3.52. The third-order valence-corrected chi connectivity index (χ3v) is 4.02. The number of ether oxygens (including phenoxy) is 1. The van der Waals surface area contributed by atoms with E-state index < -0.39 is 6.17 Å². The van der Waals surface area contributed by atoms with Crippen molar-refractivity contribution >= 4 is 5.97 Å². The summed E-state index contributed by atoms with van der Waals surface area (Å²) in [6.07, 6.45) is 1.06. The normalized spacial score (nSPS) is 45.5. The summed E-state index contributed by atoms with van der Waals surface area (Å²) in [5, 5.41) is 0. The number of hydrogen-bond donors (Lipinski definition) is 0. The maximum atomic E-state index is 13.4. The van der Waals surface area contributed by atoms with Crippen LogP contribution in [0.2, 0.25) is 0 Å². The number of halogens is 1. The Labute approximate surface area is 83.8 Å². The Morgan fingerprint density at radius 2 is 2.21 bits per heavy atom. The van der Waals surface area contributed by atoms with Crippen LogP contribution in [-0.4, -0.2) is 18.7 Å². The van der Waals surface area contributed by atoms with Crippen LogP contribution >= 0.6 is 0 Å². The molecule has 0 spiro atoms. The summed E-state index contributed by atoms with van der Waals surface area (Å²) in [5.74, 6) is 1.19. The van der Waals surface area contributed by atoms with Crippen LogP contribution in [0.15, 0.2) is 0 Å². The molecule has 5 atom stereocenters. The molecule has 2 nitrogen and oxygen atoms in total. The molecule has 14 heavy (non-hydrogen) atoms. The van der Waals surface area contributed by atoms with Gasteiger partial charge in [0, 0.05) is 12.8 Å². The van der Waals surface area contributed by atoms with Gasteiger partial charge in [-0.15, -0.1) is 0 Å². The zero-order valence-corrected chi connectivity index (χ0v) is 8.70. The Morgan fingerprint density at radius 3 is 2.79 bits per heavy atom. The van der Waals surface area contributed by atoms with Crippen LogP contribution in [0.3, 0.4) is 0 Å². The van der Waals surface area contributed by atoms with Crippen LogP contribution in [0.25, 0.3) is 0 Å². The first-order valence-electron chi connectivity index (χ1n) is 5.37. The molecule has 0 N–H and O–H groups in total. The smallest absolute Gasteiger partial charge is 0.302 e. The molecule has 3 heteroatoms. The van der Waals surface area contributed by atoms with Gasteiger partial charge in [0.1, 0.15) is 6.17 Å². The predicted octanol–water partition coefficient (Wildman–Crippen LogP) is 2.18. The summed E-state index contributed by atoms with van der Waals surface area (Å²) in [7, 11) is 0. The lowest BCUT2D eigenvalue weighted by Gasteiger charge is -2.29. The first kappa shape index (κ1) is 9.94. The number of rotatable bonds is 2. The summed E-state index contributed by atoms with van der Waals surface area (Å²) >= 11 is 0. The summed E-state index contributed by atoms with van der Waals surface area (Å²) in [6, 6.07) is 0. The highest BCUT2D eigenvalue weighted by Gasteiger charge is 2.51. The van der Waals surface area contributed by atoms with Crippen LogP contribution in [0.1, 0.15) is 26.7 Å². The van der Waals surface area contributed by atoms with Gasteiger partial charge in [-0.3, -0.25) is 4.79 Å². The van der Waals surface area contributed by atoms with E-state index in [1.807, 2.05) is 0 Å². The van der Waals surface area contributed by atoms with Gasteiger partial charge in [0.15, 0.2) is 0 Å². The molecule has 2 aliphatic carbocycles. The third-order valence-electron chi connectivity index (χ3n) is 4.02. The highest BCUT2D eigenvalue weighted by molar-refractivity contribution is 5.65. The minimum Gasteiger partial charge on any atom is -0.466 e. The third kappa shape index (κ3) is 1.53. The lowest BCUT2D eigenvalue weighted by atomic mass is 9.80. The van der Waals surface area contributed by atoms with E-state index in [-0.39, 0.29) is 17.8 Å². The molecule has 0 aromatic carbocycles. The van der Waals surface area contributed by atoms with E-state index in [0.29, 0.717) is 18.4 Å². The van der Waals surface area contributed by atoms with Gasteiger partial charge in [-0.25, -0.2) is 4.39 Å². The molecule has 2 rings (SSSR count). The van der Waals surface area contributed by atoms with Gasteiger partial charge in [0.05, 0.1) is 6.61 Å². The molecule has 80 valence electrons. The fourth-order valence-electron chi connectivity index (χ4n) is 3.16. The number of alkyl halides is 1. The fourth-order valence-corrected chi connectivity index (χ4v) is 3.16. The van der Waals surface area contributed by atoms with E-state index in [4.69, 9.17) is 4.74 Å². The van der Waals surface area contributed by atoms with Gasteiger partial charge in [-0.1, -0.05) is 6.92 Å². The summed E-state index contributed by atoms with van der Waals surface area (Å²) in [4.78, 5) is 10.7. The first-order valence-corrected chi connectivity index (χ1v) is 5.37. The largest absolute Gasteiger partial charge is 0.466 e. The van der Waals surface area contributed by atoms with Crippen LogP contribution in [0.4, 0.5) is 4.39 Å². The zero-order chi connectivity index (χ0) is 10.3. The van der Waals surface area contributed by atoms with Gasteiger partial charge in [0.25, 0.3) is 0 Å². The Kier molecular flexibility index (Phi) is 2.50. The number of carbonyl (C=O) groups is 1. The van der Waals surface area contributed by atoms with Crippen LogP contribution < -0.4 is 0 Å². The van der Waals surface area contributed by atoms with Crippen molar-refractivity contribution in [1.29, 1.82) is 0 Å². The second-order valence-corrected chi connectivity index (χ2v) is 4.74. The number of fused-ring (bicyclic) bond motifs is 2. The fraction of sp³-hybridized carbons (Fsp3) is 0.909. The standard InChI is InChI=1S/C11H17FO2/c1-6-8-3-9(11(12)4-8)10(6)5-14-7(2)13/h6,8-11H,3-5H2,1-2H3. The van der Waals surface area contributed by atoms with Crippen molar-refractivity contribution in [2.45, 2.75) is 32.9 Å². The van der Waals surface area contributed by atoms with Crippen molar-refractivity contribution in [3.8, 4) is 0 Å². The molecular weight excluding hydrogens is 183 g/mol. The predicted molar refractivity (Wildman–Crippen MR) is 50.4 cm³/mol. The van der Waals surface area contributed by atoms with Crippen molar-refractivity contribution < 1.29 is 13.9 Å². The summed E-state index contributed by atoms with van der Waals surface area (Å²) in [5.41, 5.74) is 0. The van der Waals surface area contributed by atoms with E-state index in [0.717, 1.165) is 12.8 Å². The molecule has 2 fully saturated rings. The SMILES string of the molecule is CC(=O)OCC1C(C)C2CC(F)C1C2. The first-order chi connectivity index (χ1) is 6.59. The minimum atomic E-state index is -0.656. The van der Waals surface area contributed by atoms with Gasteiger partial charge < -0.3 is 4.74 Å². The van der Waals surface area contributed by atoms with Gasteiger partial charge in [-0.05, 0) is 30.6 Å². The minimum absolute atomic E-state index is 0.148. The Morgan fingerprint density at radius 1 is 1.50 bits per heavy atom. The molecule has 0 aromatic rings. The quantitative estimate of drug-likeness (QED) is 0.639. The molecule has 0 aromatic heterocycles. The van der Waals surface area contributed by atoms with Crippen molar-refractivity contribution in [1.82, 2.24) is 0 Å². The topological polar surface area (TPSA) is 26.3 Å². The van der Waals surface area contributed by atoms with E-state index in [1.165, 1.54) is 6.92 Å². The summed E-state index contributed by atoms with van der Waals surface area (Å²) in [6.45, 7) is 3.98. The Bertz CT molecular complexity index is 241. The maximum absolute atomic E-state index is 13.4. The molecule has 2 saturated carbocycles. The van der Waals surface area contributed by atoms with E-state index in [2.05, 4.69) is 6.92 Å². The second-order valence-electron chi connectivity index (χ2n) is 4.74. The van der Waals surface area contributed by atoms with Crippen molar-refractivity contribution in [3.05, 3.63) is 0 Å². The highest BCUT2D eigenvalue weighted by Crippen LogP contribution is 2.53. The Balaban J connectivity index is 1.95. The zero-order valence-electron chi connectivity index (χ0n) is 8.70. The van der Waals surface area contributed by atoms with Crippen LogP contribution in [-0.2, 0) is 9.53 Å². The monoisotopic (exact) mass is 200 g/mol. The maximum Gasteiger partial charge on any atom is 0.302 e. The van der Waals surface area contributed by atoms with Crippen LogP contribution in [0.5, 0.6) is 0 Å². The lowest BCUT2D eigenvalue weighted by molar-refractivity contribution is -0.143.